The van der Waals surface area contributed by atoms with Crippen LogP contribution < -0.4 is 14.7 Å². The molecule has 0 aliphatic rings. The van der Waals surface area contributed by atoms with Crippen LogP contribution in [-0.2, 0) is 0 Å². The van der Waals surface area contributed by atoms with Crippen molar-refractivity contribution < 1.29 is 0 Å². The van der Waals surface area contributed by atoms with Gasteiger partial charge in [0.05, 0.1) is 0 Å². The Balaban J connectivity index is 1.10. The molecular weight excluding hydrogens is 835 g/mol. The van der Waals surface area contributed by atoms with Gasteiger partial charge in [-0.2, -0.15) is 0 Å². The fourth-order valence-corrected chi connectivity index (χ4v) is 10.6. The first-order valence-corrected chi connectivity index (χ1v) is 23.7. The third kappa shape index (κ3) is 6.99. The molecule has 13 aromatic rings. The summed E-state index contributed by atoms with van der Waals surface area (Å²) in [4.78, 5) is 7.09. The molecule has 324 valence electrons. The Morgan fingerprint density at radius 3 is 0.565 bits per heavy atom. The molecule has 0 saturated heterocycles. The minimum Gasteiger partial charge on any atom is -0.310 e. The maximum atomic E-state index is 2.48. The maximum Gasteiger partial charge on any atom is 0.0468 e. The third-order valence-corrected chi connectivity index (χ3v) is 13.7. The van der Waals surface area contributed by atoms with Gasteiger partial charge in [0.25, 0.3) is 0 Å². The first kappa shape index (κ1) is 40.1. The summed E-state index contributed by atoms with van der Waals surface area (Å²) in [6, 6.07) is 99.2. The molecule has 0 unspecified atom stereocenters. The molecule has 0 amide bonds. The molecular formula is C66H45N3. The fraction of sp³-hybridized carbons (Fsp3) is 0. The Bertz CT molecular complexity index is 3880. The third-order valence-electron chi connectivity index (χ3n) is 13.7. The van der Waals surface area contributed by atoms with Gasteiger partial charge in [-0.3, -0.25) is 0 Å². The molecule has 0 fully saturated rings. The van der Waals surface area contributed by atoms with Crippen molar-refractivity contribution >= 4 is 116 Å². The van der Waals surface area contributed by atoms with Gasteiger partial charge in [-0.15, -0.1) is 0 Å². The Morgan fingerprint density at radius 2 is 0.319 bits per heavy atom. The Morgan fingerprint density at radius 1 is 0.130 bits per heavy atom. The second kappa shape index (κ2) is 16.9. The first-order chi connectivity index (χ1) is 34.2. The predicted molar refractivity (Wildman–Crippen MR) is 296 cm³/mol. The summed E-state index contributed by atoms with van der Waals surface area (Å²) in [7, 11) is 0. The lowest BCUT2D eigenvalue weighted by atomic mass is 9.88. The zero-order chi connectivity index (χ0) is 45.7. The van der Waals surface area contributed by atoms with Crippen molar-refractivity contribution in [3.8, 4) is 0 Å². The second-order valence-corrected chi connectivity index (χ2v) is 17.7. The fourth-order valence-electron chi connectivity index (χ4n) is 10.6. The highest BCUT2D eigenvalue weighted by Crippen LogP contribution is 2.47. The molecule has 3 heteroatoms. The number of rotatable bonds is 9. The van der Waals surface area contributed by atoms with E-state index in [0.717, 1.165) is 51.2 Å². The van der Waals surface area contributed by atoms with Crippen molar-refractivity contribution in [2.45, 2.75) is 0 Å². The van der Waals surface area contributed by atoms with Gasteiger partial charge in [0.2, 0.25) is 0 Å². The van der Waals surface area contributed by atoms with E-state index in [4.69, 9.17) is 0 Å². The zero-order valence-corrected chi connectivity index (χ0v) is 37.8. The molecule has 0 saturated carbocycles. The SMILES string of the molecule is c1ccc(N(c2ccccc2)c2ccc3c(c2)c2ccccc2c2cc4c5ccc(N(c6ccccc6)c6ccccc6)cc5c5cc(N(c6ccccc6)c6ccccc6)ccc5c4cc32)cc1. The zero-order valence-electron chi connectivity index (χ0n) is 37.8. The molecule has 69 heavy (non-hydrogen) atoms. The summed E-state index contributed by atoms with van der Waals surface area (Å²) in [6.45, 7) is 0. The van der Waals surface area contributed by atoms with Gasteiger partial charge in [0.15, 0.2) is 0 Å². The maximum absolute atomic E-state index is 2.48. The molecule has 0 aliphatic carbocycles. The molecule has 0 aliphatic heterocycles. The Labute approximate surface area is 401 Å². The average molecular weight is 880 g/mol. The lowest BCUT2D eigenvalue weighted by Crippen LogP contribution is -2.10. The van der Waals surface area contributed by atoms with Crippen LogP contribution in [0.1, 0.15) is 0 Å². The van der Waals surface area contributed by atoms with Gasteiger partial charge in [-0.1, -0.05) is 152 Å². The topological polar surface area (TPSA) is 9.72 Å². The number of fused-ring (bicyclic) bond motifs is 12. The molecule has 0 atom stereocenters. The molecule has 0 N–H and O–H groups in total. The largest absolute Gasteiger partial charge is 0.310 e. The highest BCUT2D eigenvalue weighted by molar-refractivity contribution is 6.33. The standard InChI is InChI=1S/C66H45N3/c1-7-21-46(22-8-1)67(47-23-9-2-10-24-47)52-35-38-57-60(41-52)55-33-19-20-34-56(55)63-44-65-58-39-36-53(68(48-25-11-3-12-26-48)49-27-13-4-14-28-49)42-61(58)62-43-54(37-40-59(62)66(65)45-64(57)63)69(50-29-15-5-16-30-50)51-31-17-6-18-32-51/h1-45H. The summed E-state index contributed by atoms with van der Waals surface area (Å²) in [6.07, 6.45) is 0. The molecule has 0 radical (unpaired) electrons. The van der Waals surface area contributed by atoms with Crippen LogP contribution in [0.3, 0.4) is 0 Å². The number of hydrogen-bond donors (Lipinski definition) is 0. The van der Waals surface area contributed by atoms with E-state index in [1.165, 1.54) is 64.6 Å². The summed E-state index contributed by atoms with van der Waals surface area (Å²) in [5.74, 6) is 0. The monoisotopic (exact) mass is 879 g/mol. The number of para-hydroxylation sites is 6. The molecule has 3 nitrogen and oxygen atoms in total. The Hall–Kier alpha value is -9.18. The normalized spacial score (nSPS) is 11.5. The number of hydrogen-bond acceptors (Lipinski definition) is 3. The van der Waals surface area contributed by atoms with Gasteiger partial charge in [-0.05, 0) is 186 Å². The lowest BCUT2D eigenvalue weighted by molar-refractivity contribution is 1.29. The highest BCUT2D eigenvalue weighted by Gasteiger charge is 2.21. The van der Waals surface area contributed by atoms with Gasteiger partial charge < -0.3 is 14.7 Å². The van der Waals surface area contributed by atoms with Gasteiger partial charge in [0.1, 0.15) is 0 Å². The summed E-state index contributed by atoms with van der Waals surface area (Å²) in [5.41, 5.74) is 9.98. The number of nitrogens with zero attached hydrogens (tertiary/aromatic N) is 3. The molecule has 0 heterocycles. The molecule has 13 rings (SSSR count). The van der Waals surface area contributed by atoms with E-state index in [0.29, 0.717) is 0 Å². The van der Waals surface area contributed by atoms with E-state index >= 15 is 0 Å². The molecule has 13 aromatic carbocycles. The van der Waals surface area contributed by atoms with E-state index in [2.05, 4.69) is 288 Å². The highest BCUT2D eigenvalue weighted by atomic mass is 15.2. The van der Waals surface area contributed by atoms with Crippen molar-refractivity contribution in [1.82, 2.24) is 0 Å². The predicted octanol–water partition coefficient (Wildman–Crippen LogP) is 19.0. The van der Waals surface area contributed by atoms with Crippen molar-refractivity contribution in [1.29, 1.82) is 0 Å². The molecule has 0 spiro atoms. The van der Waals surface area contributed by atoms with Crippen LogP contribution in [0.5, 0.6) is 0 Å². The quantitative estimate of drug-likeness (QED) is 0.106. The van der Waals surface area contributed by atoms with Gasteiger partial charge >= 0.3 is 0 Å². The summed E-state index contributed by atoms with van der Waals surface area (Å²) < 4.78 is 0. The summed E-state index contributed by atoms with van der Waals surface area (Å²) in [5, 5.41) is 14.7. The van der Waals surface area contributed by atoms with E-state index in [9.17, 15) is 0 Å². The van der Waals surface area contributed by atoms with Crippen molar-refractivity contribution in [2.75, 3.05) is 14.7 Å². The van der Waals surface area contributed by atoms with Gasteiger partial charge in [0, 0.05) is 51.2 Å². The molecule has 0 aromatic heterocycles. The van der Waals surface area contributed by atoms with Gasteiger partial charge in [-0.25, -0.2) is 0 Å². The van der Waals surface area contributed by atoms with E-state index in [1.807, 2.05) is 0 Å². The smallest absolute Gasteiger partial charge is 0.0468 e. The van der Waals surface area contributed by atoms with Crippen LogP contribution in [0.15, 0.2) is 273 Å². The first-order valence-electron chi connectivity index (χ1n) is 23.7. The van der Waals surface area contributed by atoms with E-state index < -0.39 is 0 Å². The van der Waals surface area contributed by atoms with Crippen molar-refractivity contribution in [3.05, 3.63) is 273 Å². The molecule has 0 bridgehead atoms. The van der Waals surface area contributed by atoms with E-state index in [-0.39, 0.29) is 0 Å². The van der Waals surface area contributed by atoms with Crippen LogP contribution in [-0.4, -0.2) is 0 Å². The van der Waals surface area contributed by atoms with Crippen LogP contribution >= 0.6 is 0 Å². The van der Waals surface area contributed by atoms with E-state index in [1.54, 1.807) is 0 Å². The lowest BCUT2D eigenvalue weighted by Gasteiger charge is -2.27. The van der Waals surface area contributed by atoms with Crippen LogP contribution in [0.2, 0.25) is 0 Å². The number of anilines is 9. The Kier molecular flexibility index (Phi) is 9.84. The number of benzene rings is 13. The summed E-state index contributed by atoms with van der Waals surface area (Å²) >= 11 is 0. The van der Waals surface area contributed by atoms with Crippen LogP contribution in [0, 0.1) is 0 Å². The van der Waals surface area contributed by atoms with Crippen molar-refractivity contribution in [3.63, 3.8) is 0 Å². The van der Waals surface area contributed by atoms with Crippen LogP contribution in [0.25, 0.3) is 64.6 Å². The second-order valence-electron chi connectivity index (χ2n) is 17.7. The minimum absolute atomic E-state index is 1.10. The minimum atomic E-state index is 1.10. The average Bonchev–Trinajstić information content (AvgIpc) is 3.42. The van der Waals surface area contributed by atoms with Crippen LogP contribution in [0.4, 0.5) is 51.2 Å². The van der Waals surface area contributed by atoms with Crippen molar-refractivity contribution in [2.24, 2.45) is 0 Å².